The highest BCUT2D eigenvalue weighted by atomic mass is 16.5. The van der Waals surface area contributed by atoms with Gasteiger partial charge in [0.15, 0.2) is 0 Å². The van der Waals surface area contributed by atoms with E-state index in [1.165, 1.54) is 5.56 Å². The van der Waals surface area contributed by atoms with Crippen molar-refractivity contribution in [2.45, 2.75) is 58.8 Å². The quantitative estimate of drug-likeness (QED) is 0.286. The summed E-state index contributed by atoms with van der Waals surface area (Å²) in [5, 5.41) is 11.3. The summed E-state index contributed by atoms with van der Waals surface area (Å²) in [6.07, 6.45) is 0.484. The van der Waals surface area contributed by atoms with Crippen molar-refractivity contribution < 1.29 is 14.6 Å². The Morgan fingerprint density at radius 1 is 0.757 bits per heavy atom. The average Bonchev–Trinajstić information content (AvgIpc) is 3.27. The molecule has 0 aliphatic heterocycles. The summed E-state index contributed by atoms with van der Waals surface area (Å²) < 4.78 is 10.7. The lowest BCUT2D eigenvalue weighted by atomic mass is 9.78. The van der Waals surface area contributed by atoms with Gasteiger partial charge in [-0.1, -0.05) is 53.7 Å². The maximum Gasteiger partial charge on any atom is 0.122 e. The van der Waals surface area contributed by atoms with Crippen LogP contribution in [-0.2, 0) is 17.3 Å². The summed E-state index contributed by atoms with van der Waals surface area (Å²) in [6, 6.07) is 20.1. The number of methoxy groups -OCH3 is 2. The molecule has 0 spiro atoms. The van der Waals surface area contributed by atoms with Gasteiger partial charge in [-0.05, 0) is 70.5 Å². The molecule has 0 amide bonds. The smallest absolute Gasteiger partial charge is 0.122 e. The Labute approximate surface area is 220 Å². The van der Waals surface area contributed by atoms with Gasteiger partial charge in [0, 0.05) is 23.1 Å². The number of benzene rings is 3. The molecule has 0 atom stereocenters. The Morgan fingerprint density at radius 3 is 1.78 bits per heavy atom. The molecule has 0 unspecified atom stereocenters. The van der Waals surface area contributed by atoms with Gasteiger partial charge < -0.3 is 19.6 Å². The number of aromatic hydroxyl groups is 1. The molecule has 0 saturated heterocycles. The summed E-state index contributed by atoms with van der Waals surface area (Å²) in [4.78, 5) is 8.60. The second kappa shape index (κ2) is 9.97. The zero-order valence-electron chi connectivity index (χ0n) is 23.2. The number of ether oxygens (including phenoxy) is 2. The van der Waals surface area contributed by atoms with Crippen LogP contribution in [0.5, 0.6) is 17.2 Å². The summed E-state index contributed by atoms with van der Waals surface area (Å²) in [5.74, 6) is 2.73. The minimum Gasteiger partial charge on any atom is -0.507 e. The number of aromatic amines is 1. The van der Waals surface area contributed by atoms with Crippen molar-refractivity contribution in [3.63, 3.8) is 0 Å². The Balaban J connectivity index is 1.84. The van der Waals surface area contributed by atoms with Gasteiger partial charge in [0.1, 0.15) is 23.1 Å². The van der Waals surface area contributed by atoms with Crippen molar-refractivity contribution in [3.8, 4) is 39.8 Å². The number of hydrogen-bond donors (Lipinski definition) is 2. The number of aromatic nitrogens is 2. The molecule has 5 heteroatoms. The van der Waals surface area contributed by atoms with Gasteiger partial charge in [0.05, 0.1) is 25.6 Å². The number of phenolic OH excluding ortho intramolecular Hbond substituents is 1. The van der Waals surface area contributed by atoms with Gasteiger partial charge in [0.2, 0.25) is 0 Å². The number of H-pyrrole nitrogens is 1. The Hall–Kier alpha value is -3.73. The topological polar surface area (TPSA) is 67.4 Å². The fourth-order valence-corrected chi connectivity index (χ4v) is 4.44. The second-order valence-corrected chi connectivity index (χ2v) is 11.6. The van der Waals surface area contributed by atoms with Crippen LogP contribution in [0.1, 0.15) is 64.1 Å². The Bertz CT molecular complexity index is 1310. The van der Waals surface area contributed by atoms with E-state index < -0.39 is 0 Å². The zero-order valence-corrected chi connectivity index (χ0v) is 23.2. The molecule has 194 valence electrons. The van der Waals surface area contributed by atoms with E-state index in [1.54, 1.807) is 14.2 Å². The van der Waals surface area contributed by atoms with E-state index in [0.717, 1.165) is 51.0 Å². The van der Waals surface area contributed by atoms with Gasteiger partial charge in [-0.15, -0.1) is 0 Å². The van der Waals surface area contributed by atoms with Gasteiger partial charge >= 0.3 is 0 Å². The van der Waals surface area contributed by atoms with Crippen LogP contribution in [0.2, 0.25) is 0 Å². The van der Waals surface area contributed by atoms with E-state index in [-0.39, 0.29) is 10.8 Å². The van der Waals surface area contributed by atoms with Gasteiger partial charge in [0.25, 0.3) is 0 Å². The highest BCUT2D eigenvalue weighted by Crippen LogP contribution is 2.39. The van der Waals surface area contributed by atoms with Crippen LogP contribution in [0.4, 0.5) is 0 Å². The van der Waals surface area contributed by atoms with E-state index >= 15 is 0 Å². The Morgan fingerprint density at radius 2 is 1.30 bits per heavy atom. The number of rotatable bonds is 6. The van der Waals surface area contributed by atoms with E-state index in [9.17, 15) is 5.11 Å². The molecule has 1 aromatic heterocycles. The first-order chi connectivity index (χ1) is 17.4. The van der Waals surface area contributed by atoms with Crippen LogP contribution in [0.25, 0.3) is 22.5 Å². The lowest BCUT2D eigenvalue weighted by Crippen LogP contribution is -2.17. The van der Waals surface area contributed by atoms with Crippen LogP contribution < -0.4 is 9.47 Å². The SMILES string of the molecule is COc1ccc(-c2nc(Cc3cc(C(C)(C)C)cc(C(C)(C)C)c3O)[nH]c2-c2ccc(OC)cc2)cc1. The maximum atomic E-state index is 11.3. The predicted molar refractivity (Wildman–Crippen MR) is 151 cm³/mol. The number of hydrogen-bond acceptors (Lipinski definition) is 4. The average molecular weight is 499 g/mol. The summed E-state index contributed by atoms with van der Waals surface area (Å²) in [7, 11) is 3.32. The van der Waals surface area contributed by atoms with Crippen LogP contribution in [0, 0.1) is 0 Å². The summed E-state index contributed by atoms with van der Waals surface area (Å²) in [5.41, 5.74) is 6.55. The molecule has 0 saturated carbocycles. The molecular formula is C32H38N2O3. The van der Waals surface area contributed by atoms with Crippen molar-refractivity contribution >= 4 is 0 Å². The number of nitrogens with zero attached hydrogens (tertiary/aromatic N) is 1. The van der Waals surface area contributed by atoms with Crippen LogP contribution in [-0.4, -0.2) is 29.3 Å². The number of nitrogens with one attached hydrogen (secondary N) is 1. The van der Waals surface area contributed by atoms with E-state index in [0.29, 0.717) is 12.2 Å². The molecule has 0 aliphatic rings. The van der Waals surface area contributed by atoms with Crippen LogP contribution in [0.15, 0.2) is 60.7 Å². The maximum absolute atomic E-state index is 11.3. The molecule has 4 rings (SSSR count). The highest BCUT2D eigenvalue weighted by Gasteiger charge is 2.26. The van der Waals surface area contributed by atoms with E-state index in [1.807, 2.05) is 48.5 Å². The normalized spacial score (nSPS) is 12.0. The molecule has 0 radical (unpaired) electrons. The first-order valence-corrected chi connectivity index (χ1v) is 12.7. The van der Waals surface area contributed by atoms with Crippen molar-refractivity contribution in [1.29, 1.82) is 0 Å². The molecule has 1 heterocycles. The largest absolute Gasteiger partial charge is 0.507 e. The second-order valence-electron chi connectivity index (χ2n) is 11.6. The summed E-state index contributed by atoms with van der Waals surface area (Å²) >= 11 is 0. The van der Waals surface area contributed by atoms with Crippen molar-refractivity contribution in [2.24, 2.45) is 0 Å². The number of phenols is 1. The lowest BCUT2D eigenvalue weighted by molar-refractivity contribution is 0.414. The standard InChI is InChI=1S/C32H38N2O3/c1-31(2,3)23-17-22(30(35)26(19-23)32(4,5)6)18-27-33-28(20-9-13-24(36-7)14-10-20)29(34-27)21-11-15-25(37-8)16-12-21/h9-17,19,35H,18H2,1-8H3,(H,33,34). The van der Waals surface area contributed by atoms with E-state index in [2.05, 4.69) is 58.7 Å². The van der Waals surface area contributed by atoms with Crippen molar-refractivity contribution in [1.82, 2.24) is 9.97 Å². The minimum absolute atomic E-state index is 0.0475. The molecule has 5 nitrogen and oxygen atoms in total. The van der Waals surface area contributed by atoms with Gasteiger partial charge in [-0.2, -0.15) is 0 Å². The minimum atomic E-state index is -0.189. The lowest BCUT2D eigenvalue weighted by Gasteiger charge is -2.27. The van der Waals surface area contributed by atoms with Crippen molar-refractivity contribution in [2.75, 3.05) is 14.2 Å². The fourth-order valence-electron chi connectivity index (χ4n) is 4.44. The molecule has 4 aromatic rings. The first kappa shape index (κ1) is 26.3. The first-order valence-electron chi connectivity index (χ1n) is 12.7. The van der Waals surface area contributed by atoms with Gasteiger partial charge in [-0.3, -0.25) is 0 Å². The monoisotopic (exact) mass is 498 g/mol. The van der Waals surface area contributed by atoms with Crippen LogP contribution >= 0.6 is 0 Å². The molecule has 37 heavy (non-hydrogen) atoms. The zero-order chi connectivity index (χ0) is 27.0. The summed E-state index contributed by atoms with van der Waals surface area (Å²) in [6.45, 7) is 13.0. The number of imidazole rings is 1. The third-order valence-electron chi connectivity index (χ3n) is 6.72. The third kappa shape index (κ3) is 5.66. The Kier molecular flexibility index (Phi) is 7.09. The molecule has 0 aliphatic carbocycles. The van der Waals surface area contributed by atoms with Gasteiger partial charge in [-0.25, -0.2) is 4.98 Å². The molecule has 0 bridgehead atoms. The fraction of sp³-hybridized carbons (Fsp3) is 0.344. The third-order valence-corrected chi connectivity index (χ3v) is 6.72. The van der Waals surface area contributed by atoms with Crippen LogP contribution in [0.3, 0.4) is 0 Å². The molecule has 2 N–H and O–H groups in total. The molecule has 0 fully saturated rings. The molecule has 3 aromatic carbocycles. The highest BCUT2D eigenvalue weighted by molar-refractivity contribution is 5.79. The molecular weight excluding hydrogens is 460 g/mol. The van der Waals surface area contributed by atoms with Crippen molar-refractivity contribution in [3.05, 3.63) is 83.2 Å². The predicted octanol–water partition coefficient (Wildman–Crippen LogP) is 7.65. The van der Waals surface area contributed by atoms with E-state index in [4.69, 9.17) is 14.5 Å².